The number of rotatable bonds is 6. The summed E-state index contributed by atoms with van der Waals surface area (Å²) in [6, 6.07) is 14.6. The van der Waals surface area contributed by atoms with E-state index in [1.807, 2.05) is 30.3 Å². The predicted octanol–water partition coefficient (Wildman–Crippen LogP) is 4.98. The van der Waals surface area contributed by atoms with Crippen LogP contribution in [0.5, 0.6) is 0 Å². The highest BCUT2D eigenvalue weighted by atomic mass is 35.5. The molecular formula is C18H14ClNO3S. The largest absolute Gasteiger partial charge is 0.468 e. The van der Waals surface area contributed by atoms with Crippen molar-refractivity contribution >= 4 is 29.3 Å². The zero-order chi connectivity index (χ0) is 16.8. The van der Waals surface area contributed by atoms with Crippen LogP contribution in [0.15, 0.2) is 70.3 Å². The molecule has 122 valence electrons. The molecule has 3 rings (SSSR count). The first-order valence-electron chi connectivity index (χ1n) is 7.24. The molecule has 2 heterocycles. The number of aromatic nitrogens is 1. The minimum Gasteiger partial charge on any atom is -0.468 e. The second-order valence-corrected chi connectivity index (χ2v) is 6.33. The van der Waals surface area contributed by atoms with Gasteiger partial charge in [-0.1, -0.05) is 29.8 Å². The number of nitrogens with zero attached hydrogens (tertiary/aromatic N) is 1. The number of furan rings is 1. The first-order chi connectivity index (χ1) is 11.7. The van der Waals surface area contributed by atoms with E-state index in [-0.39, 0.29) is 12.6 Å². The van der Waals surface area contributed by atoms with Gasteiger partial charge in [0.15, 0.2) is 0 Å². The van der Waals surface area contributed by atoms with Gasteiger partial charge in [-0.25, -0.2) is 9.78 Å². The molecule has 0 unspecified atom stereocenters. The third-order valence-electron chi connectivity index (χ3n) is 3.22. The monoisotopic (exact) mass is 359 g/mol. The van der Waals surface area contributed by atoms with E-state index in [4.69, 9.17) is 20.8 Å². The molecular weight excluding hydrogens is 346 g/mol. The molecule has 6 heteroatoms. The number of pyridine rings is 1. The Hall–Kier alpha value is -2.24. The number of thioether (sulfide) groups is 1. The van der Waals surface area contributed by atoms with Gasteiger partial charge in [0, 0.05) is 16.7 Å². The van der Waals surface area contributed by atoms with Crippen LogP contribution in [0.25, 0.3) is 0 Å². The van der Waals surface area contributed by atoms with Gasteiger partial charge in [0.05, 0.1) is 17.6 Å². The number of ether oxygens (including phenoxy) is 1. The van der Waals surface area contributed by atoms with Crippen LogP contribution in [0, 0.1) is 0 Å². The lowest BCUT2D eigenvalue weighted by Gasteiger charge is -2.09. The molecule has 0 radical (unpaired) electrons. The van der Waals surface area contributed by atoms with E-state index in [1.165, 1.54) is 11.8 Å². The van der Waals surface area contributed by atoms with Crippen molar-refractivity contribution < 1.29 is 13.9 Å². The lowest BCUT2D eigenvalue weighted by Crippen LogP contribution is -2.06. The molecule has 0 amide bonds. The summed E-state index contributed by atoms with van der Waals surface area (Å²) in [5, 5.41) is 0.407. The summed E-state index contributed by atoms with van der Waals surface area (Å²) in [7, 11) is 0. The van der Waals surface area contributed by atoms with Crippen LogP contribution < -0.4 is 0 Å². The number of halogens is 1. The van der Waals surface area contributed by atoms with E-state index in [0.29, 0.717) is 16.5 Å². The number of hydrogen-bond donors (Lipinski definition) is 0. The Morgan fingerprint density at radius 3 is 2.79 bits per heavy atom. The van der Waals surface area contributed by atoms with Crippen molar-refractivity contribution in [3.63, 3.8) is 0 Å². The number of hydrogen-bond acceptors (Lipinski definition) is 5. The summed E-state index contributed by atoms with van der Waals surface area (Å²) in [5.74, 6) is 1.14. The van der Waals surface area contributed by atoms with Crippen LogP contribution in [0.2, 0.25) is 5.15 Å². The average Bonchev–Trinajstić information content (AvgIpc) is 3.13. The third-order valence-corrected chi connectivity index (χ3v) is 4.54. The number of esters is 1. The molecule has 0 aliphatic rings. The maximum Gasteiger partial charge on any atom is 0.339 e. The summed E-state index contributed by atoms with van der Waals surface area (Å²) >= 11 is 7.27. The molecule has 0 saturated carbocycles. The summed E-state index contributed by atoms with van der Waals surface area (Å²) in [4.78, 5) is 17.2. The van der Waals surface area contributed by atoms with E-state index in [0.717, 1.165) is 16.2 Å². The molecule has 0 bridgehead atoms. The molecule has 0 aliphatic heterocycles. The second-order valence-electron chi connectivity index (χ2n) is 4.93. The topological polar surface area (TPSA) is 52.3 Å². The summed E-state index contributed by atoms with van der Waals surface area (Å²) in [6.07, 6.45) is 3.23. The summed E-state index contributed by atoms with van der Waals surface area (Å²) in [6.45, 7) is 0.153. The lowest BCUT2D eigenvalue weighted by atomic mass is 10.2. The van der Waals surface area contributed by atoms with E-state index < -0.39 is 0 Å². The fourth-order valence-electron chi connectivity index (χ4n) is 2.02. The standard InChI is InChI=1S/C18H14ClNO3S/c19-17-8-7-13(10-20-17)11-23-18(21)15-5-1-2-6-16(15)24-12-14-4-3-9-22-14/h1-10H,11-12H2. The number of benzene rings is 1. The van der Waals surface area contributed by atoms with Gasteiger partial charge < -0.3 is 9.15 Å². The van der Waals surface area contributed by atoms with Crippen molar-refractivity contribution in [1.82, 2.24) is 4.98 Å². The molecule has 24 heavy (non-hydrogen) atoms. The average molecular weight is 360 g/mol. The van der Waals surface area contributed by atoms with Crippen LogP contribution in [0.4, 0.5) is 0 Å². The Balaban J connectivity index is 1.64. The first kappa shape index (κ1) is 16.6. The predicted molar refractivity (Wildman–Crippen MR) is 93.1 cm³/mol. The Bertz CT molecular complexity index is 803. The summed E-state index contributed by atoms with van der Waals surface area (Å²) < 4.78 is 10.7. The first-order valence-corrected chi connectivity index (χ1v) is 8.60. The van der Waals surface area contributed by atoms with Gasteiger partial charge in [-0.2, -0.15) is 0 Å². The second kappa shape index (κ2) is 8.04. The van der Waals surface area contributed by atoms with Crippen LogP contribution in [-0.4, -0.2) is 11.0 Å². The van der Waals surface area contributed by atoms with E-state index in [9.17, 15) is 4.79 Å². The van der Waals surface area contributed by atoms with Crippen LogP contribution >= 0.6 is 23.4 Å². The van der Waals surface area contributed by atoms with Crippen molar-refractivity contribution in [3.05, 3.63) is 83.0 Å². The Labute approximate surface area is 148 Å². The molecule has 0 spiro atoms. The normalized spacial score (nSPS) is 10.5. The third kappa shape index (κ3) is 4.40. The Kier molecular flexibility index (Phi) is 5.56. The smallest absolute Gasteiger partial charge is 0.339 e. The van der Waals surface area contributed by atoms with Crippen molar-refractivity contribution in [2.24, 2.45) is 0 Å². The molecule has 0 fully saturated rings. The molecule has 0 N–H and O–H groups in total. The molecule has 0 aliphatic carbocycles. The van der Waals surface area contributed by atoms with Crippen molar-refractivity contribution in [2.45, 2.75) is 17.3 Å². The van der Waals surface area contributed by atoms with Gasteiger partial charge in [0.2, 0.25) is 0 Å². The van der Waals surface area contributed by atoms with Gasteiger partial charge in [-0.15, -0.1) is 11.8 Å². The maximum atomic E-state index is 12.4. The Morgan fingerprint density at radius 2 is 2.04 bits per heavy atom. The van der Waals surface area contributed by atoms with Crippen molar-refractivity contribution in [3.8, 4) is 0 Å². The van der Waals surface area contributed by atoms with E-state index in [1.54, 1.807) is 30.7 Å². The lowest BCUT2D eigenvalue weighted by molar-refractivity contribution is 0.0468. The number of carbonyl (C=O) groups is 1. The van der Waals surface area contributed by atoms with Crippen molar-refractivity contribution in [2.75, 3.05) is 0 Å². The van der Waals surface area contributed by atoms with Crippen LogP contribution in [-0.2, 0) is 17.1 Å². The minimum atomic E-state index is -0.368. The SMILES string of the molecule is O=C(OCc1ccc(Cl)nc1)c1ccccc1SCc1ccco1. The van der Waals surface area contributed by atoms with E-state index >= 15 is 0 Å². The van der Waals surface area contributed by atoms with Gasteiger partial charge in [0.1, 0.15) is 17.5 Å². The maximum absolute atomic E-state index is 12.4. The fourth-order valence-corrected chi connectivity index (χ4v) is 3.08. The molecule has 4 nitrogen and oxygen atoms in total. The highest BCUT2D eigenvalue weighted by molar-refractivity contribution is 7.98. The molecule has 2 aromatic heterocycles. The quantitative estimate of drug-likeness (QED) is 0.353. The molecule has 3 aromatic rings. The van der Waals surface area contributed by atoms with Crippen LogP contribution in [0.3, 0.4) is 0 Å². The van der Waals surface area contributed by atoms with E-state index in [2.05, 4.69) is 4.98 Å². The molecule has 1 aromatic carbocycles. The summed E-state index contributed by atoms with van der Waals surface area (Å²) in [5.41, 5.74) is 1.32. The van der Waals surface area contributed by atoms with Gasteiger partial charge >= 0.3 is 5.97 Å². The highest BCUT2D eigenvalue weighted by Crippen LogP contribution is 2.27. The van der Waals surface area contributed by atoms with Crippen LogP contribution in [0.1, 0.15) is 21.7 Å². The minimum absolute atomic E-state index is 0.153. The van der Waals surface area contributed by atoms with Crippen molar-refractivity contribution in [1.29, 1.82) is 0 Å². The Morgan fingerprint density at radius 1 is 1.17 bits per heavy atom. The molecule has 0 atom stereocenters. The van der Waals surface area contributed by atoms with Gasteiger partial charge in [0.25, 0.3) is 0 Å². The zero-order valence-corrected chi connectivity index (χ0v) is 14.2. The highest BCUT2D eigenvalue weighted by Gasteiger charge is 2.13. The molecule has 0 saturated heterocycles. The zero-order valence-electron chi connectivity index (χ0n) is 12.6. The van der Waals surface area contributed by atoms with Gasteiger partial charge in [-0.3, -0.25) is 0 Å². The fraction of sp³-hybridized carbons (Fsp3) is 0.111. The van der Waals surface area contributed by atoms with Gasteiger partial charge in [-0.05, 0) is 30.3 Å². The number of carbonyl (C=O) groups excluding carboxylic acids is 1.